The number of hydrogen-bond donors (Lipinski definition) is 6. The Hall–Kier alpha value is -2.92. The highest BCUT2D eigenvalue weighted by atomic mass is 16.7. The number of carbonyl (C=O) groups excluding carboxylic acids is 2. The lowest BCUT2D eigenvalue weighted by atomic mass is 9.56. The third-order valence-electron chi connectivity index (χ3n) is 12.0. The van der Waals surface area contributed by atoms with E-state index in [1.807, 2.05) is 13.8 Å². The van der Waals surface area contributed by atoms with Gasteiger partial charge in [0.05, 0.1) is 18.3 Å². The van der Waals surface area contributed by atoms with Crippen LogP contribution in [-0.2, 0) is 19.1 Å². The van der Waals surface area contributed by atoms with Crippen LogP contribution < -0.4 is 5.32 Å². The number of Topliss-reactive ketones (excluding diaryl/α,β-unsaturated/α-hetero) is 1. The van der Waals surface area contributed by atoms with Crippen LogP contribution in [0.1, 0.15) is 84.8 Å². The maximum Gasteiger partial charge on any atom is 0.260 e. The summed E-state index contributed by atoms with van der Waals surface area (Å²) in [5.74, 6) is -3.85. The quantitative estimate of drug-likeness (QED) is 0.118. The number of ketones is 1. The Labute approximate surface area is 270 Å². The summed E-state index contributed by atoms with van der Waals surface area (Å²) in [6, 6.07) is 4.54. The van der Waals surface area contributed by atoms with Crippen LogP contribution in [0.5, 0.6) is 11.5 Å². The lowest BCUT2D eigenvalue weighted by Crippen LogP contribution is -2.55. The molecule has 46 heavy (non-hydrogen) atoms. The number of phenols is 2. The summed E-state index contributed by atoms with van der Waals surface area (Å²) in [5.41, 5.74) is 1.34. The molecule has 10 nitrogen and oxygen atoms in total. The van der Waals surface area contributed by atoms with E-state index >= 15 is 0 Å². The maximum absolute atomic E-state index is 12.9. The van der Waals surface area contributed by atoms with Crippen molar-refractivity contribution in [2.24, 2.45) is 47.3 Å². The number of ether oxygens (including phenoxy) is 2. The standard InChI is InChI=1S/C36H49NO9/c1-16-8-9-36(46-33(16)22-12-23(38)14-24(39)13-22)19(4)10-18(3)27(45-36)15-25-17(2)11-21-6-7-26(40)20(5)28(21)29(25)31(41)30-32(42)35(44)37-34(30)43/h11-14,16,18-21,25-29,33,35,38-41,44H,6-10,15H2,1-5H3,(H,37,43). The highest BCUT2D eigenvalue weighted by Crippen LogP contribution is 2.55. The summed E-state index contributed by atoms with van der Waals surface area (Å²) in [5, 5.41) is 55.5. The van der Waals surface area contributed by atoms with Crippen LogP contribution in [0.4, 0.5) is 0 Å². The van der Waals surface area contributed by atoms with Gasteiger partial charge in [0.1, 0.15) is 22.8 Å². The second-order valence-electron chi connectivity index (χ2n) is 14.9. The Balaban J connectivity index is 1.35. The fourth-order valence-corrected chi connectivity index (χ4v) is 9.40. The number of amides is 1. The van der Waals surface area contributed by atoms with Gasteiger partial charge >= 0.3 is 0 Å². The number of carbonyl (C=O) groups is 2. The van der Waals surface area contributed by atoms with E-state index in [2.05, 4.69) is 32.2 Å². The average molecular weight is 640 g/mol. The summed E-state index contributed by atoms with van der Waals surface area (Å²) in [7, 11) is 0. The van der Waals surface area contributed by atoms with E-state index < -0.39 is 47.4 Å². The fourth-order valence-electron chi connectivity index (χ4n) is 9.40. The second-order valence-corrected chi connectivity index (χ2v) is 14.9. The number of phenolic OH excluding ortho intramolecular Hbond substituents is 2. The van der Waals surface area contributed by atoms with Crippen LogP contribution in [0.25, 0.3) is 0 Å². The minimum atomic E-state index is -1.69. The Kier molecular flexibility index (Phi) is 8.80. The maximum atomic E-state index is 12.9. The fraction of sp³-hybridized carbons (Fsp3) is 0.667. The van der Waals surface area contributed by atoms with Gasteiger partial charge in [-0.3, -0.25) is 9.59 Å². The van der Waals surface area contributed by atoms with Crippen molar-refractivity contribution in [3.8, 4) is 11.5 Å². The molecule has 1 amide bonds. The molecule has 3 saturated heterocycles. The summed E-state index contributed by atoms with van der Waals surface area (Å²) < 4.78 is 13.9. The van der Waals surface area contributed by atoms with E-state index in [0.717, 1.165) is 24.8 Å². The number of hydrogen-bond acceptors (Lipinski definition) is 9. The second kappa shape index (κ2) is 12.3. The molecule has 6 N–H and O–H groups in total. The molecule has 0 radical (unpaired) electrons. The van der Waals surface area contributed by atoms with Gasteiger partial charge in [0, 0.05) is 24.3 Å². The molecule has 3 aliphatic heterocycles. The van der Waals surface area contributed by atoms with Crippen molar-refractivity contribution in [1.29, 1.82) is 0 Å². The van der Waals surface area contributed by atoms with Gasteiger partial charge in [-0.05, 0) is 92.2 Å². The van der Waals surface area contributed by atoms with Crippen LogP contribution in [0.15, 0.2) is 41.2 Å². The van der Waals surface area contributed by atoms with Gasteiger partial charge in [0.25, 0.3) is 5.91 Å². The molecule has 13 atom stereocenters. The summed E-state index contributed by atoms with van der Waals surface area (Å²) in [4.78, 5) is 25.7. The predicted molar refractivity (Wildman–Crippen MR) is 168 cm³/mol. The molecule has 1 aromatic carbocycles. The van der Waals surface area contributed by atoms with Gasteiger partial charge in [-0.15, -0.1) is 0 Å². The molecule has 5 aliphatic rings. The van der Waals surface area contributed by atoms with Gasteiger partial charge in [-0.1, -0.05) is 39.3 Å². The molecular formula is C36H49NO9. The lowest BCUT2D eigenvalue weighted by molar-refractivity contribution is -0.356. The van der Waals surface area contributed by atoms with Crippen molar-refractivity contribution in [3.05, 3.63) is 46.7 Å². The zero-order chi connectivity index (χ0) is 33.2. The normalized spacial score (nSPS) is 44.0. The Bertz CT molecular complexity index is 1420. The largest absolute Gasteiger partial charge is 0.511 e. The van der Waals surface area contributed by atoms with Crippen LogP contribution in [0, 0.1) is 47.3 Å². The molecule has 1 aromatic rings. The molecule has 10 heteroatoms. The van der Waals surface area contributed by atoms with Gasteiger partial charge in [0.15, 0.2) is 12.0 Å². The van der Waals surface area contributed by atoms with Gasteiger partial charge in [0.2, 0.25) is 5.78 Å². The minimum absolute atomic E-state index is 0.0311. The van der Waals surface area contributed by atoms with E-state index in [4.69, 9.17) is 9.47 Å². The summed E-state index contributed by atoms with van der Waals surface area (Å²) in [6.45, 7) is 10.4. The number of allylic oxidation sites excluding steroid dienone is 3. The number of benzene rings is 1. The molecule has 4 fully saturated rings. The van der Waals surface area contributed by atoms with Gasteiger partial charge < -0.3 is 40.3 Å². The first-order valence-electron chi connectivity index (χ1n) is 16.9. The van der Waals surface area contributed by atoms with Crippen molar-refractivity contribution >= 4 is 11.7 Å². The van der Waals surface area contributed by atoms with Crippen LogP contribution >= 0.6 is 0 Å². The first-order valence-corrected chi connectivity index (χ1v) is 16.9. The molecule has 3 heterocycles. The van der Waals surface area contributed by atoms with E-state index in [-0.39, 0.29) is 64.8 Å². The van der Waals surface area contributed by atoms with Crippen molar-refractivity contribution < 1.29 is 44.6 Å². The number of aliphatic hydroxyl groups is 3. The van der Waals surface area contributed by atoms with E-state index in [0.29, 0.717) is 24.8 Å². The molecule has 1 spiro atoms. The zero-order valence-corrected chi connectivity index (χ0v) is 27.3. The van der Waals surface area contributed by atoms with E-state index in [1.54, 1.807) is 12.1 Å². The molecule has 2 aliphatic carbocycles. The molecule has 13 unspecified atom stereocenters. The first-order chi connectivity index (χ1) is 21.7. The Morgan fingerprint density at radius 1 is 0.978 bits per heavy atom. The number of aromatic hydroxyl groups is 2. The highest BCUT2D eigenvalue weighted by molar-refractivity contribution is 6.26. The number of nitrogens with one attached hydrogen (secondary N) is 1. The monoisotopic (exact) mass is 639 g/mol. The van der Waals surface area contributed by atoms with Gasteiger partial charge in [-0.2, -0.15) is 0 Å². The van der Waals surface area contributed by atoms with Crippen molar-refractivity contribution in [2.45, 2.75) is 103 Å². The number of fused-ring (bicyclic) bond motifs is 1. The van der Waals surface area contributed by atoms with Crippen LogP contribution in [0.3, 0.4) is 0 Å². The molecule has 0 aromatic heterocycles. The molecular weight excluding hydrogens is 590 g/mol. The van der Waals surface area contributed by atoms with Crippen molar-refractivity contribution in [2.75, 3.05) is 0 Å². The van der Waals surface area contributed by atoms with E-state index in [9.17, 15) is 35.1 Å². The first kappa shape index (κ1) is 33.0. The molecule has 0 bridgehead atoms. The topological polar surface area (TPSA) is 166 Å². The minimum Gasteiger partial charge on any atom is -0.511 e. The summed E-state index contributed by atoms with van der Waals surface area (Å²) >= 11 is 0. The number of rotatable bonds is 4. The van der Waals surface area contributed by atoms with E-state index in [1.165, 1.54) is 6.07 Å². The van der Waals surface area contributed by atoms with Crippen LogP contribution in [0.2, 0.25) is 0 Å². The molecule has 1 saturated carbocycles. The van der Waals surface area contributed by atoms with Crippen molar-refractivity contribution in [1.82, 2.24) is 5.32 Å². The average Bonchev–Trinajstić information content (AvgIpc) is 3.24. The Morgan fingerprint density at radius 3 is 2.33 bits per heavy atom. The highest BCUT2D eigenvalue weighted by Gasteiger charge is 2.54. The molecule has 6 rings (SSSR count). The SMILES string of the molecule is CC1=CC2CCC(O)C(C)C2C(C(O)=C2C(=O)NC(O)C2=O)C1CC1OC2(CCC(C)C(c3cc(O)cc(O)c3)O2)C(C)CC1C. The third kappa shape index (κ3) is 5.65. The number of aliphatic hydroxyl groups excluding tert-OH is 3. The van der Waals surface area contributed by atoms with Gasteiger partial charge in [-0.25, -0.2) is 0 Å². The Morgan fingerprint density at radius 2 is 1.67 bits per heavy atom. The summed E-state index contributed by atoms with van der Waals surface area (Å²) in [6.07, 6.45) is 3.50. The lowest BCUT2D eigenvalue weighted by Gasteiger charge is -2.54. The smallest absolute Gasteiger partial charge is 0.260 e. The van der Waals surface area contributed by atoms with Crippen LogP contribution in [-0.4, -0.2) is 61.4 Å². The molecule has 252 valence electrons. The zero-order valence-electron chi connectivity index (χ0n) is 27.3. The predicted octanol–water partition coefficient (Wildman–Crippen LogP) is 4.78. The third-order valence-corrected chi connectivity index (χ3v) is 12.0. The van der Waals surface area contributed by atoms with Crippen molar-refractivity contribution in [3.63, 3.8) is 0 Å².